The molecule has 11 rings (SSSR count). The fraction of sp³-hybridized carbons (Fsp3) is 0. The average molecular weight is 640 g/mol. The number of para-hydroxylation sites is 2. The first-order chi connectivity index (χ1) is 24.8. The molecule has 0 fully saturated rings. The molecule has 0 spiro atoms. The van der Waals surface area contributed by atoms with E-state index in [-0.39, 0.29) is 0 Å². The molecule has 3 aromatic heterocycles. The normalized spacial score (nSPS) is 12.0. The van der Waals surface area contributed by atoms with Gasteiger partial charge in [-0.25, -0.2) is 15.0 Å². The van der Waals surface area contributed by atoms with Gasteiger partial charge in [0.05, 0.1) is 0 Å². The van der Waals surface area contributed by atoms with E-state index in [1.54, 1.807) is 0 Å². The van der Waals surface area contributed by atoms with Crippen molar-refractivity contribution in [2.75, 3.05) is 0 Å². The van der Waals surface area contributed by atoms with Crippen LogP contribution in [-0.4, -0.2) is 15.0 Å². The molecule has 0 saturated carbocycles. The highest BCUT2D eigenvalue weighted by Gasteiger charge is 2.23. The van der Waals surface area contributed by atoms with Crippen molar-refractivity contribution in [2.45, 2.75) is 0 Å². The molecule has 50 heavy (non-hydrogen) atoms. The zero-order chi connectivity index (χ0) is 32.8. The summed E-state index contributed by atoms with van der Waals surface area (Å²) >= 11 is 0. The Morgan fingerprint density at radius 3 is 1.34 bits per heavy atom. The number of hydrogen-bond acceptors (Lipinski definition) is 5. The minimum Gasteiger partial charge on any atom is -0.455 e. The zero-order valence-corrected chi connectivity index (χ0v) is 26.6. The van der Waals surface area contributed by atoms with Gasteiger partial charge in [-0.1, -0.05) is 121 Å². The van der Waals surface area contributed by atoms with Crippen molar-refractivity contribution < 1.29 is 8.83 Å². The molecule has 11 aromatic rings. The van der Waals surface area contributed by atoms with Crippen molar-refractivity contribution in [1.82, 2.24) is 15.0 Å². The van der Waals surface area contributed by atoms with Gasteiger partial charge in [0.1, 0.15) is 22.3 Å². The zero-order valence-electron chi connectivity index (χ0n) is 26.6. The summed E-state index contributed by atoms with van der Waals surface area (Å²) in [5.74, 6) is 1.75. The molecule has 5 nitrogen and oxygen atoms in total. The first kappa shape index (κ1) is 27.1. The largest absolute Gasteiger partial charge is 0.455 e. The molecule has 0 saturated heterocycles. The summed E-state index contributed by atoms with van der Waals surface area (Å²) in [4.78, 5) is 15.9. The summed E-state index contributed by atoms with van der Waals surface area (Å²) in [5, 5.41) is 10.5. The monoisotopic (exact) mass is 639 g/mol. The van der Waals surface area contributed by atoms with Crippen molar-refractivity contribution in [3.8, 4) is 34.2 Å². The predicted octanol–water partition coefficient (Wildman–Crippen LogP) is 12.1. The van der Waals surface area contributed by atoms with Crippen molar-refractivity contribution in [1.29, 1.82) is 0 Å². The van der Waals surface area contributed by atoms with Crippen LogP contribution in [0.4, 0.5) is 0 Å². The smallest absolute Gasteiger partial charge is 0.164 e. The van der Waals surface area contributed by atoms with Gasteiger partial charge in [-0.2, -0.15) is 0 Å². The van der Waals surface area contributed by atoms with Gasteiger partial charge in [-0.05, 0) is 51.9 Å². The van der Waals surface area contributed by atoms with E-state index >= 15 is 0 Å². The molecule has 0 atom stereocenters. The third-order valence-corrected chi connectivity index (χ3v) is 9.87. The first-order valence-corrected chi connectivity index (χ1v) is 16.7. The van der Waals surface area contributed by atoms with Crippen molar-refractivity contribution in [2.24, 2.45) is 0 Å². The van der Waals surface area contributed by atoms with Gasteiger partial charge < -0.3 is 8.83 Å². The van der Waals surface area contributed by atoms with Crippen LogP contribution in [0.15, 0.2) is 160 Å². The molecule has 0 aliphatic carbocycles. The van der Waals surface area contributed by atoms with Crippen LogP contribution in [0.2, 0.25) is 0 Å². The minimum atomic E-state index is 0.578. The molecule has 0 bridgehead atoms. The van der Waals surface area contributed by atoms with Crippen LogP contribution >= 0.6 is 0 Å². The van der Waals surface area contributed by atoms with Gasteiger partial charge in [-0.15, -0.1) is 0 Å². The summed E-state index contributed by atoms with van der Waals surface area (Å²) in [5.41, 5.74) is 5.99. The maximum absolute atomic E-state index is 6.57. The Kier molecular flexibility index (Phi) is 5.60. The van der Waals surface area contributed by atoms with Crippen molar-refractivity contribution in [3.05, 3.63) is 152 Å². The van der Waals surface area contributed by atoms with Crippen LogP contribution in [0.3, 0.4) is 0 Å². The van der Waals surface area contributed by atoms with Crippen LogP contribution in [0.1, 0.15) is 0 Å². The number of fused-ring (bicyclic) bond motifs is 11. The molecule has 0 unspecified atom stereocenters. The summed E-state index contributed by atoms with van der Waals surface area (Å²) < 4.78 is 13.1. The fourth-order valence-electron chi connectivity index (χ4n) is 7.55. The number of rotatable bonds is 3. The highest BCUT2D eigenvalue weighted by Crippen LogP contribution is 2.43. The SMILES string of the molecule is c1ccc2cc(-c3nc(-c4cc5ccccc5c5oc6ccccc6c45)nc(-c4cc5ccccc5c5oc6ccccc6c45)n3)ccc2c1. The predicted molar refractivity (Wildman–Crippen MR) is 203 cm³/mol. The third kappa shape index (κ3) is 3.98. The second-order valence-corrected chi connectivity index (χ2v) is 12.8. The van der Waals surface area contributed by atoms with E-state index in [0.29, 0.717) is 17.5 Å². The lowest BCUT2D eigenvalue weighted by Gasteiger charge is -2.12. The van der Waals surface area contributed by atoms with E-state index in [9.17, 15) is 0 Å². The van der Waals surface area contributed by atoms with E-state index in [2.05, 4.69) is 103 Å². The second-order valence-electron chi connectivity index (χ2n) is 12.8. The number of hydrogen-bond donors (Lipinski definition) is 0. The maximum Gasteiger partial charge on any atom is 0.164 e. The highest BCUT2D eigenvalue weighted by molar-refractivity contribution is 6.22. The summed E-state index contributed by atoms with van der Waals surface area (Å²) in [7, 11) is 0. The maximum atomic E-state index is 6.57. The lowest BCUT2D eigenvalue weighted by atomic mass is 9.98. The molecule has 0 aliphatic heterocycles. The second kappa shape index (κ2) is 10.3. The van der Waals surface area contributed by atoms with Gasteiger partial charge in [0.15, 0.2) is 17.5 Å². The number of furan rings is 2. The molecule has 0 amide bonds. The van der Waals surface area contributed by atoms with E-state index in [4.69, 9.17) is 23.8 Å². The van der Waals surface area contributed by atoms with Crippen LogP contribution < -0.4 is 0 Å². The lowest BCUT2D eigenvalue weighted by Crippen LogP contribution is -2.01. The van der Waals surface area contributed by atoms with Crippen LogP contribution in [0, 0.1) is 0 Å². The first-order valence-electron chi connectivity index (χ1n) is 16.7. The summed E-state index contributed by atoms with van der Waals surface area (Å²) in [6, 6.07) is 52.1. The quantitative estimate of drug-likeness (QED) is 0.192. The molecule has 232 valence electrons. The van der Waals surface area contributed by atoms with Crippen molar-refractivity contribution >= 4 is 76.2 Å². The Bertz CT molecular complexity index is 3000. The highest BCUT2D eigenvalue weighted by atomic mass is 16.3. The summed E-state index contributed by atoms with van der Waals surface area (Å²) in [6.07, 6.45) is 0. The van der Waals surface area contributed by atoms with E-state index in [1.165, 1.54) is 0 Å². The molecule has 0 aliphatic rings. The molecule has 0 N–H and O–H groups in total. The van der Waals surface area contributed by atoms with Gasteiger partial charge in [0.25, 0.3) is 0 Å². The van der Waals surface area contributed by atoms with E-state index < -0.39 is 0 Å². The number of benzene rings is 8. The lowest BCUT2D eigenvalue weighted by molar-refractivity contribution is 0.672. The molecular weight excluding hydrogens is 615 g/mol. The Hall–Kier alpha value is -6.85. The third-order valence-electron chi connectivity index (χ3n) is 9.87. The Morgan fingerprint density at radius 1 is 0.340 bits per heavy atom. The summed E-state index contributed by atoms with van der Waals surface area (Å²) in [6.45, 7) is 0. The van der Waals surface area contributed by atoms with Gasteiger partial charge in [0, 0.05) is 49.0 Å². The van der Waals surface area contributed by atoms with Gasteiger partial charge in [0.2, 0.25) is 0 Å². The van der Waals surface area contributed by atoms with Gasteiger partial charge >= 0.3 is 0 Å². The Labute approximate surface area is 285 Å². The minimum absolute atomic E-state index is 0.578. The molecular formula is C45H25N3O2. The number of nitrogens with zero attached hydrogens (tertiary/aromatic N) is 3. The van der Waals surface area contributed by atoms with E-state index in [0.717, 1.165) is 92.9 Å². The standard InChI is InChI=1S/C45H25N3O2/c1-2-12-27-23-30(22-21-26(27)11-1)43-46-44(35-24-28-13-3-5-15-31(28)41-39(35)33-17-7-9-19-37(33)49-41)48-45(47-43)36-25-29-14-4-6-16-32(29)42-40(36)34-18-8-10-20-38(34)50-42/h1-25H. The topological polar surface area (TPSA) is 65.0 Å². The molecule has 3 heterocycles. The van der Waals surface area contributed by atoms with Gasteiger partial charge in [-0.3, -0.25) is 0 Å². The van der Waals surface area contributed by atoms with E-state index in [1.807, 2.05) is 48.5 Å². The molecule has 5 heteroatoms. The van der Waals surface area contributed by atoms with Crippen LogP contribution in [0.5, 0.6) is 0 Å². The van der Waals surface area contributed by atoms with Crippen LogP contribution in [-0.2, 0) is 0 Å². The Morgan fingerprint density at radius 2 is 0.780 bits per heavy atom. The molecule has 8 aromatic carbocycles. The van der Waals surface area contributed by atoms with Crippen LogP contribution in [0.25, 0.3) is 110 Å². The Balaban J connectivity index is 1.28. The number of aromatic nitrogens is 3. The fourth-order valence-corrected chi connectivity index (χ4v) is 7.55. The van der Waals surface area contributed by atoms with Crippen molar-refractivity contribution in [3.63, 3.8) is 0 Å². The average Bonchev–Trinajstić information content (AvgIpc) is 3.77. The molecule has 0 radical (unpaired) electrons.